The van der Waals surface area contributed by atoms with Gasteiger partial charge in [-0.3, -0.25) is 4.98 Å². The van der Waals surface area contributed by atoms with Gasteiger partial charge in [0.05, 0.1) is 27.8 Å². The van der Waals surface area contributed by atoms with E-state index in [1.165, 1.54) is 55.3 Å². The third-order valence-electron chi connectivity index (χ3n) is 10.8. The Bertz CT molecular complexity index is 3110. The number of rotatable bonds is 5. The Morgan fingerprint density at radius 1 is 0.444 bits per heavy atom. The van der Waals surface area contributed by atoms with Crippen molar-refractivity contribution in [2.45, 2.75) is 13.8 Å². The predicted octanol–water partition coefficient (Wildman–Crippen LogP) is 13.6. The van der Waals surface area contributed by atoms with Crippen LogP contribution in [0.25, 0.3) is 105 Å². The first-order valence-corrected chi connectivity index (χ1v) is 18.5. The van der Waals surface area contributed by atoms with E-state index in [2.05, 4.69) is 183 Å². The summed E-state index contributed by atoms with van der Waals surface area (Å²) in [6.07, 6.45) is 6.22. The zero-order valence-corrected chi connectivity index (χ0v) is 30.1. The quantitative estimate of drug-likeness (QED) is 0.133. The molecule has 0 unspecified atom stereocenters. The lowest BCUT2D eigenvalue weighted by Crippen LogP contribution is -1.98. The maximum atomic E-state index is 5.52. The first-order valence-electron chi connectivity index (χ1n) is 18.5. The largest absolute Gasteiger partial charge is 0.256 e. The zero-order chi connectivity index (χ0) is 36.2. The highest BCUT2D eigenvalue weighted by Gasteiger charge is 2.20. The van der Waals surface area contributed by atoms with Gasteiger partial charge in [-0.15, -0.1) is 0 Å². The number of benzene rings is 7. The first-order chi connectivity index (χ1) is 26.7. The molecule has 0 aliphatic carbocycles. The summed E-state index contributed by atoms with van der Waals surface area (Å²) in [6.45, 7) is 4.34. The summed E-state index contributed by atoms with van der Waals surface area (Å²) in [5.41, 5.74) is 15.4. The van der Waals surface area contributed by atoms with Gasteiger partial charge in [-0.2, -0.15) is 0 Å². The smallest absolute Gasteiger partial charge is 0.0978 e. The van der Waals surface area contributed by atoms with E-state index in [0.717, 1.165) is 54.9 Å². The fourth-order valence-electron chi connectivity index (χ4n) is 8.29. The molecule has 0 saturated heterocycles. The summed E-state index contributed by atoms with van der Waals surface area (Å²) in [7, 11) is 0. The van der Waals surface area contributed by atoms with E-state index in [9.17, 15) is 0 Å². The average molecular weight is 690 g/mol. The molecule has 254 valence electrons. The summed E-state index contributed by atoms with van der Waals surface area (Å²) in [5.74, 6) is 0. The molecule has 10 rings (SSSR count). The highest BCUT2D eigenvalue weighted by Crippen LogP contribution is 2.44. The van der Waals surface area contributed by atoms with Gasteiger partial charge in [-0.05, 0) is 93.9 Å². The third kappa shape index (κ3) is 5.16. The fraction of sp³-hybridized carbons (Fsp3) is 0.0392. The van der Waals surface area contributed by atoms with Crippen LogP contribution in [-0.4, -0.2) is 15.0 Å². The van der Waals surface area contributed by atoms with Gasteiger partial charge in [0.2, 0.25) is 0 Å². The topological polar surface area (TPSA) is 38.7 Å². The van der Waals surface area contributed by atoms with E-state index in [0.29, 0.717) is 0 Å². The van der Waals surface area contributed by atoms with Crippen LogP contribution < -0.4 is 0 Å². The van der Waals surface area contributed by atoms with Crippen molar-refractivity contribution in [3.05, 3.63) is 181 Å². The van der Waals surface area contributed by atoms with Gasteiger partial charge in [-0.1, -0.05) is 140 Å². The van der Waals surface area contributed by atoms with Crippen molar-refractivity contribution in [1.82, 2.24) is 15.0 Å². The van der Waals surface area contributed by atoms with Gasteiger partial charge in [0.1, 0.15) is 0 Å². The minimum absolute atomic E-state index is 0.908. The molecule has 3 heteroatoms. The molecule has 54 heavy (non-hydrogen) atoms. The number of fused-ring (bicyclic) bond motifs is 6. The lowest BCUT2D eigenvalue weighted by Gasteiger charge is -2.20. The number of allylic oxidation sites excluding steroid dienone is 1. The Morgan fingerprint density at radius 2 is 1.13 bits per heavy atom. The summed E-state index contributed by atoms with van der Waals surface area (Å²) < 4.78 is 0. The number of aromatic nitrogens is 3. The van der Waals surface area contributed by atoms with Crippen LogP contribution in [0.1, 0.15) is 18.1 Å². The fourth-order valence-corrected chi connectivity index (χ4v) is 8.29. The van der Waals surface area contributed by atoms with E-state index in [-0.39, 0.29) is 0 Å². The van der Waals surface area contributed by atoms with E-state index >= 15 is 0 Å². The van der Waals surface area contributed by atoms with Crippen molar-refractivity contribution in [2.24, 2.45) is 0 Å². The predicted molar refractivity (Wildman–Crippen MR) is 229 cm³/mol. The van der Waals surface area contributed by atoms with Crippen molar-refractivity contribution < 1.29 is 0 Å². The SMILES string of the molecule is C/C=C\c1c(C)c(-c2ccc(-c3ccc4ncccc4c3)cc2)c2ccccc2c1-c1ccc2ccc3c(-c4ccccc4)c4ccccc4nc3c2n1. The number of nitrogens with zero attached hydrogens (tertiary/aromatic N) is 3. The van der Waals surface area contributed by atoms with Gasteiger partial charge in [0, 0.05) is 38.9 Å². The Morgan fingerprint density at radius 3 is 1.94 bits per heavy atom. The molecule has 3 aromatic heterocycles. The van der Waals surface area contributed by atoms with Crippen molar-refractivity contribution in [2.75, 3.05) is 0 Å². The van der Waals surface area contributed by atoms with Crippen molar-refractivity contribution in [3.63, 3.8) is 0 Å². The molecule has 7 aromatic carbocycles. The monoisotopic (exact) mass is 689 g/mol. The second-order valence-corrected chi connectivity index (χ2v) is 13.9. The van der Waals surface area contributed by atoms with Crippen LogP contribution in [0, 0.1) is 6.92 Å². The third-order valence-corrected chi connectivity index (χ3v) is 10.8. The minimum atomic E-state index is 0.908. The summed E-state index contributed by atoms with van der Waals surface area (Å²) in [4.78, 5) is 15.3. The van der Waals surface area contributed by atoms with E-state index in [4.69, 9.17) is 9.97 Å². The second-order valence-electron chi connectivity index (χ2n) is 13.9. The second kappa shape index (κ2) is 12.9. The van der Waals surface area contributed by atoms with Crippen LogP contribution in [0.4, 0.5) is 0 Å². The molecule has 0 fully saturated rings. The number of para-hydroxylation sites is 1. The van der Waals surface area contributed by atoms with Crippen molar-refractivity contribution in [3.8, 4) is 44.6 Å². The van der Waals surface area contributed by atoms with Gasteiger partial charge in [0.25, 0.3) is 0 Å². The molecular weight excluding hydrogens is 655 g/mol. The molecule has 0 saturated carbocycles. The molecule has 0 aliphatic rings. The Labute approximate surface area is 313 Å². The molecule has 0 amide bonds. The van der Waals surface area contributed by atoms with Crippen LogP contribution in [0.5, 0.6) is 0 Å². The van der Waals surface area contributed by atoms with Crippen molar-refractivity contribution in [1.29, 1.82) is 0 Å². The Balaban J connectivity index is 1.18. The van der Waals surface area contributed by atoms with Crippen LogP contribution in [0.15, 0.2) is 170 Å². The minimum Gasteiger partial charge on any atom is -0.256 e. The standard InChI is InChI=1S/C51H35N3/c1-3-12-39-32(2)47(35-22-20-33(21-23-35)37-26-28-44-38(31-37)15-11-30-52-44)40-16-7-8-17-41(40)49(39)46-29-25-36-24-27-43-48(34-13-5-4-6-14-34)42-18-9-10-19-45(42)53-51(43)50(36)54-46/h3-31H,1-2H3/b12-3-. The van der Waals surface area contributed by atoms with E-state index in [1.807, 2.05) is 12.3 Å². The van der Waals surface area contributed by atoms with Crippen LogP contribution in [0.3, 0.4) is 0 Å². The highest BCUT2D eigenvalue weighted by atomic mass is 14.8. The number of hydrogen-bond acceptors (Lipinski definition) is 3. The molecule has 0 spiro atoms. The van der Waals surface area contributed by atoms with Crippen LogP contribution in [-0.2, 0) is 0 Å². The van der Waals surface area contributed by atoms with Gasteiger partial charge in [0.15, 0.2) is 0 Å². The molecule has 0 aliphatic heterocycles. The normalized spacial score (nSPS) is 11.8. The van der Waals surface area contributed by atoms with Crippen molar-refractivity contribution >= 4 is 60.5 Å². The molecule has 0 N–H and O–H groups in total. The van der Waals surface area contributed by atoms with Crippen LogP contribution >= 0.6 is 0 Å². The molecular formula is C51H35N3. The number of hydrogen-bond donors (Lipinski definition) is 0. The number of pyridine rings is 3. The average Bonchev–Trinajstić information content (AvgIpc) is 3.23. The molecule has 3 heterocycles. The molecule has 0 atom stereocenters. The first kappa shape index (κ1) is 31.7. The molecule has 3 nitrogen and oxygen atoms in total. The zero-order valence-electron chi connectivity index (χ0n) is 30.1. The maximum absolute atomic E-state index is 5.52. The Hall–Kier alpha value is -6.97. The summed E-state index contributed by atoms with van der Waals surface area (Å²) in [5, 5.41) is 6.84. The summed E-state index contributed by atoms with van der Waals surface area (Å²) >= 11 is 0. The molecule has 10 aromatic rings. The van der Waals surface area contributed by atoms with Gasteiger partial charge in [-0.25, -0.2) is 9.97 Å². The highest BCUT2D eigenvalue weighted by molar-refractivity contribution is 6.17. The van der Waals surface area contributed by atoms with E-state index in [1.54, 1.807) is 0 Å². The maximum Gasteiger partial charge on any atom is 0.0978 e. The molecule has 0 radical (unpaired) electrons. The van der Waals surface area contributed by atoms with Crippen LogP contribution in [0.2, 0.25) is 0 Å². The van der Waals surface area contributed by atoms with Gasteiger partial charge >= 0.3 is 0 Å². The lowest BCUT2D eigenvalue weighted by molar-refractivity contribution is 1.38. The molecule has 0 bridgehead atoms. The Kier molecular flexibility index (Phi) is 7.59. The lowest BCUT2D eigenvalue weighted by atomic mass is 9.84. The van der Waals surface area contributed by atoms with Gasteiger partial charge < -0.3 is 0 Å². The van der Waals surface area contributed by atoms with E-state index < -0.39 is 0 Å². The summed E-state index contributed by atoms with van der Waals surface area (Å²) in [6, 6.07) is 56.2.